The maximum absolute atomic E-state index is 3.49. The van der Waals surface area contributed by atoms with E-state index in [9.17, 15) is 0 Å². The van der Waals surface area contributed by atoms with Gasteiger partial charge in [0.2, 0.25) is 0 Å². The van der Waals surface area contributed by atoms with Crippen LogP contribution in [0.4, 0.5) is 0 Å². The van der Waals surface area contributed by atoms with Crippen LogP contribution in [0.5, 0.6) is 0 Å². The van der Waals surface area contributed by atoms with E-state index in [1.807, 2.05) is 0 Å². The molecule has 1 N–H and O–H groups in total. The largest absolute Gasteiger partial charge is 0.315 e. The third-order valence-corrected chi connectivity index (χ3v) is 3.39. The minimum Gasteiger partial charge on any atom is -0.315 e. The molecule has 96 valence electrons. The lowest BCUT2D eigenvalue weighted by Gasteiger charge is -2.16. The van der Waals surface area contributed by atoms with Crippen LogP contribution in [0, 0.1) is 19.8 Å². The Morgan fingerprint density at radius 2 is 1.65 bits per heavy atom. The zero-order valence-electron chi connectivity index (χ0n) is 12.0. The maximum atomic E-state index is 3.49. The second kappa shape index (κ2) is 6.80. The maximum Gasteiger partial charge on any atom is 0.00103 e. The molecule has 1 rings (SSSR count). The monoisotopic (exact) mass is 233 g/mol. The third kappa shape index (κ3) is 4.91. The van der Waals surface area contributed by atoms with Crippen LogP contribution in [-0.2, 0) is 6.42 Å². The Labute approximate surface area is 107 Å². The predicted octanol–water partition coefficient (Wildman–Crippen LogP) is 3.87. The fraction of sp³-hybridized carbons (Fsp3) is 0.625. The van der Waals surface area contributed by atoms with Gasteiger partial charge in [0, 0.05) is 6.04 Å². The van der Waals surface area contributed by atoms with Crippen LogP contribution in [-0.4, -0.2) is 12.6 Å². The molecule has 1 heteroatoms. The van der Waals surface area contributed by atoms with Gasteiger partial charge in [0.05, 0.1) is 0 Å². The van der Waals surface area contributed by atoms with Crippen molar-refractivity contribution in [2.75, 3.05) is 6.54 Å². The summed E-state index contributed by atoms with van der Waals surface area (Å²) in [6.07, 6.45) is 2.46. The van der Waals surface area contributed by atoms with Crippen molar-refractivity contribution < 1.29 is 0 Å². The SMILES string of the molecule is Cc1cccc(C)c1CC(C)CCNC(C)C. The van der Waals surface area contributed by atoms with Crippen LogP contribution in [0.1, 0.15) is 43.9 Å². The minimum atomic E-state index is 0.599. The van der Waals surface area contributed by atoms with Gasteiger partial charge < -0.3 is 5.32 Å². The topological polar surface area (TPSA) is 12.0 Å². The lowest BCUT2D eigenvalue weighted by molar-refractivity contribution is 0.475. The van der Waals surface area contributed by atoms with E-state index in [2.05, 4.69) is 58.1 Å². The zero-order chi connectivity index (χ0) is 12.8. The molecule has 17 heavy (non-hydrogen) atoms. The number of hydrogen-bond donors (Lipinski definition) is 1. The van der Waals surface area contributed by atoms with E-state index in [1.54, 1.807) is 5.56 Å². The summed E-state index contributed by atoms with van der Waals surface area (Å²) in [5.74, 6) is 0.751. The van der Waals surface area contributed by atoms with E-state index >= 15 is 0 Å². The Bertz CT molecular complexity index is 321. The molecule has 0 radical (unpaired) electrons. The first kappa shape index (κ1) is 14.2. The Morgan fingerprint density at radius 1 is 1.06 bits per heavy atom. The summed E-state index contributed by atoms with van der Waals surface area (Å²) in [6.45, 7) is 12.3. The summed E-state index contributed by atoms with van der Waals surface area (Å²) in [7, 11) is 0. The molecule has 0 saturated heterocycles. The van der Waals surface area contributed by atoms with Crippen molar-refractivity contribution in [3.63, 3.8) is 0 Å². The highest BCUT2D eigenvalue weighted by Crippen LogP contribution is 2.19. The van der Waals surface area contributed by atoms with Crippen molar-refractivity contribution >= 4 is 0 Å². The van der Waals surface area contributed by atoms with Gasteiger partial charge >= 0.3 is 0 Å². The molecular formula is C16H27N. The van der Waals surface area contributed by atoms with Crippen molar-refractivity contribution in [2.24, 2.45) is 5.92 Å². The van der Waals surface area contributed by atoms with Crippen molar-refractivity contribution in [3.8, 4) is 0 Å². The molecule has 0 aromatic heterocycles. The summed E-state index contributed by atoms with van der Waals surface area (Å²) in [4.78, 5) is 0. The lowest BCUT2D eigenvalue weighted by Crippen LogP contribution is -2.25. The first-order chi connectivity index (χ1) is 8.00. The van der Waals surface area contributed by atoms with Gasteiger partial charge in [-0.3, -0.25) is 0 Å². The van der Waals surface area contributed by atoms with E-state index in [1.165, 1.54) is 24.0 Å². The summed E-state index contributed by atoms with van der Waals surface area (Å²) >= 11 is 0. The Hall–Kier alpha value is -0.820. The average molecular weight is 233 g/mol. The third-order valence-electron chi connectivity index (χ3n) is 3.39. The van der Waals surface area contributed by atoms with E-state index < -0.39 is 0 Å². The Morgan fingerprint density at radius 3 is 2.18 bits per heavy atom. The zero-order valence-corrected chi connectivity index (χ0v) is 12.0. The van der Waals surface area contributed by atoms with E-state index in [-0.39, 0.29) is 0 Å². The van der Waals surface area contributed by atoms with Gasteiger partial charge in [-0.05, 0) is 55.8 Å². The quantitative estimate of drug-likeness (QED) is 0.786. The van der Waals surface area contributed by atoms with Crippen LogP contribution in [0.3, 0.4) is 0 Å². The highest BCUT2D eigenvalue weighted by molar-refractivity contribution is 5.33. The molecule has 0 aliphatic rings. The van der Waals surface area contributed by atoms with E-state index in [4.69, 9.17) is 0 Å². The first-order valence-electron chi connectivity index (χ1n) is 6.79. The second-order valence-corrected chi connectivity index (χ2v) is 5.58. The number of aryl methyl sites for hydroxylation is 2. The number of benzene rings is 1. The van der Waals surface area contributed by atoms with Crippen molar-refractivity contribution in [2.45, 2.75) is 53.5 Å². The molecule has 0 amide bonds. The molecule has 1 atom stereocenters. The molecule has 0 fully saturated rings. The average Bonchev–Trinajstić information content (AvgIpc) is 2.23. The van der Waals surface area contributed by atoms with E-state index in [0.29, 0.717) is 6.04 Å². The molecule has 0 saturated carbocycles. The normalized spacial score (nSPS) is 13.1. The fourth-order valence-electron chi connectivity index (χ4n) is 2.24. The van der Waals surface area contributed by atoms with Gasteiger partial charge in [-0.2, -0.15) is 0 Å². The van der Waals surface area contributed by atoms with Crippen LogP contribution in [0.25, 0.3) is 0 Å². The minimum absolute atomic E-state index is 0.599. The molecule has 1 unspecified atom stereocenters. The molecule has 1 aromatic rings. The molecule has 0 aliphatic carbocycles. The molecule has 0 aliphatic heterocycles. The number of rotatable bonds is 6. The van der Waals surface area contributed by atoms with Gasteiger partial charge in [-0.1, -0.05) is 39.0 Å². The Kier molecular flexibility index (Phi) is 5.70. The molecule has 0 bridgehead atoms. The lowest BCUT2D eigenvalue weighted by atomic mass is 9.92. The van der Waals surface area contributed by atoms with Gasteiger partial charge in [0.1, 0.15) is 0 Å². The van der Waals surface area contributed by atoms with Crippen molar-refractivity contribution in [3.05, 3.63) is 34.9 Å². The predicted molar refractivity (Wildman–Crippen MR) is 76.5 cm³/mol. The molecule has 1 aromatic carbocycles. The highest BCUT2D eigenvalue weighted by Gasteiger charge is 2.08. The first-order valence-corrected chi connectivity index (χ1v) is 6.79. The molecule has 0 heterocycles. The highest BCUT2D eigenvalue weighted by atomic mass is 14.9. The van der Waals surface area contributed by atoms with Crippen molar-refractivity contribution in [1.29, 1.82) is 0 Å². The van der Waals surface area contributed by atoms with Crippen LogP contribution < -0.4 is 5.32 Å². The standard InChI is InChI=1S/C16H27N/c1-12(2)17-10-9-13(3)11-16-14(4)7-6-8-15(16)5/h6-8,12-13,17H,9-11H2,1-5H3. The smallest absolute Gasteiger partial charge is 0.00103 e. The van der Waals surface area contributed by atoms with Gasteiger partial charge in [-0.25, -0.2) is 0 Å². The van der Waals surface area contributed by atoms with Crippen LogP contribution in [0.2, 0.25) is 0 Å². The van der Waals surface area contributed by atoms with Crippen LogP contribution in [0.15, 0.2) is 18.2 Å². The fourth-order valence-corrected chi connectivity index (χ4v) is 2.24. The summed E-state index contributed by atoms with van der Waals surface area (Å²) in [6, 6.07) is 7.20. The van der Waals surface area contributed by atoms with Gasteiger partial charge in [0.15, 0.2) is 0 Å². The number of hydrogen-bond acceptors (Lipinski definition) is 1. The number of nitrogens with one attached hydrogen (secondary N) is 1. The van der Waals surface area contributed by atoms with Gasteiger partial charge in [-0.15, -0.1) is 0 Å². The molecule has 0 spiro atoms. The summed E-state index contributed by atoms with van der Waals surface area (Å²) in [5.41, 5.74) is 4.42. The molecule has 1 nitrogen and oxygen atoms in total. The van der Waals surface area contributed by atoms with Crippen LogP contribution >= 0.6 is 0 Å². The second-order valence-electron chi connectivity index (χ2n) is 5.58. The van der Waals surface area contributed by atoms with Crippen molar-refractivity contribution in [1.82, 2.24) is 5.32 Å². The van der Waals surface area contributed by atoms with E-state index in [0.717, 1.165) is 12.5 Å². The summed E-state index contributed by atoms with van der Waals surface area (Å²) < 4.78 is 0. The summed E-state index contributed by atoms with van der Waals surface area (Å²) in [5, 5.41) is 3.49. The Balaban J connectivity index is 2.47. The molecular weight excluding hydrogens is 206 g/mol. The van der Waals surface area contributed by atoms with Gasteiger partial charge in [0.25, 0.3) is 0 Å².